The van der Waals surface area contributed by atoms with Gasteiger partial charge in [-0.2, -0.15) is 0 Å². The zero-order valence-electron chi connectivity index (χ0n) is 8.66. The summed E-state index contributed by atoms with van der Waals surface area (Å²) >= 11 is 0. The van der Waals surface area contributed by atoms with Gasteiger partial charge < -0.3 is 10.2 Å². The fourth-order valence-corrected chi connectivity index (χ4v) is 1.59. The maximum atomic E-state index is 10.1. The Morgan fingerprint density at radius 3 is 2.08 bits per heavy atom. The molecule has 0 aromatic rings. The van der Waals surface area contributed by atoms with Gasteiger partial charge in [0.25, 0.3) is 0 Å². The summed E-state index contributed by atoms with van der Waals surface area (Å²) in [5, 5.41) is 19.7. The van der Waals surface area contributed by atoms with E-state index < -0.39 is 11.7 Å². The quantitative estimate of drug-likeness (QED) is 0.665. The van der Waals surface area contributed by atoms with E-state index in [1.807, 2.05) is 13.8 Å². The molecule has 1 radical (unpaired) electrons. The summed E-state index contributed by atoms with van der Waals surface area (Å²) in [6.07, 6.45) is 5.30. The normalized spacial score (nSPS) is 15.2. The number of hydrogen-bond donors (Lipinski definition) is 2. The van der Waals surface area contributed by atoms with E-state index in [2.05, 4.69) is 6.92 Å². The monoisotopic (exact) mass is 185 g/mol. The number of rotatable bonds is 6. The minimum absolute atomic E-state index is 0.631. The zero-order valence-corrected chi connectivity index (χ0v) is 8.66. The molecule has 2 nitrogen and oxygen atoms in total. The molecule has 2 heteroatoms. The van der Waals surface area contributed by atoms with Crippen molar-refractivity contribution in [2.75, 3.05) is 0 Å². The maximum Gasteiger partial charge on any atom is 0.101 e. The van der Waals surface area contributed by atoms with Crippen LogP contribution in [0, 0.1) is 6.92 Å². The van der Waals surface area contributed by atoms with Crippen LogP contribution in [-0.2, 0) is 0 Å². The molecule has 1 unspecified atom stereocenters. The first-order valence-electron chi connectivity index (χ1n) is 4.97. The fourth-order valence-electron chi connectivity index (χ4n) is 1.59. The van der Waals surface area contributed by atoms with E-state index in [1.165, 1.54) is 6.08 Å². The highest BCUT2D eigenvalue weighted by atomic mass is 16.3. The average molecular weight is 185 g/mol. The van der Waals surface area contributed by atoms with Crippen LogP contribution in [0.1, 0.15) is 39.5 Å². The molecule has 0 aromatic heterocycles. The molecule has 0 saturated heterocycles. The molecule has 0 aliphatic rings. The highest BCUT2D eigenvalue weighted by Gasteiger charge is 2.31. The largest absolute Gasteiger partial charge is 0.387 e. The Bertz CT molecular complexity index is 146. The highest BCUT2D eigenvalue weighted by molar-refractivity contribution is 5.00. The van der Waals surface area contributed by atoms with Gasteiger partial charge in [0, 0.05) is 0 Å². The lowest BCUT2D eigenvalue weighted by Crippen LogP contribution is -2.40. The van der Waals surface area contributed by atoms with Crippen molar-refractivity contribution in [3.63, 3.8) is 0 Å². The summed E-state index contributed by atoms with van der Waals surface area (Å²) in [5.41, 5.74) is -0.961. The second-order valence-electron chi connectivity index (χ2n) is 3.48. The topological polar surface area (TPSA) is 40.5 Å². The number of allylic oxidation sites excluding steroid dienone is 1. The first-order valence-corrected chi connectivity index (χ1v) is 4.97. The van der Waals surface area contributed by atoms with Crippen molar-refractivity contribution >= 4 is 0 Å². The molecular formula is C11H21O2. The zero-order chi connectivity index (χ0) is 10.3. The third kappa shape index (κ3) is 3.92. The Morgan fingerprint density at radius 2 is 1.77 bits per heavy atom. The maximum absolute atomic E-state index is 10.1. The molecule has 0 aliphatic carbocycles. The molecule has 0 rings (SSSR count). The highest BCUT2D eigenvalue weighted by Crippen LogP contribution is 2.24. The van der Waals surface area contributed by atoms with Crippen LogP contribution in [0.15, 0.2) is 12.2 Å². The summed E-state index contributed by atoms with van der Waals surface area (Å²) in [4.78, 5) is 0. The van der Waals surface area contributed by atoms with Gasteiger partial charge in [0.1, 0.15) is 6.10 Å². The predicted molar refractivity (Wildman–Crippen MR) is 55.3 cm³/mol. The third-order valence-corrected chi connectivity index (χ3v) is 2.23. The predicted octanol–water partition coefficient (Wildman–Crippen LogP) is 2.07. The molecule has 2 N–H and O–H groups in total. The Labute approximate surface area is 81.3 Å². The Kier molecular flexibility index (Phi) is 6.00. The molecule has 0 saturated carbocycles. The van der Waals surface area contributed by atoms with Gasteiger partial charge in [-0.1, -0.05) is 38.8 Å². The lowest BCUT2D eigenvalue weighted by atomic mass is 9.87. The second kappa shape index (κ2) is 6.17. The summed E-state index contributed by atoms with van der Waals surface area (Å²) in [6, 6.07) is 0. The molecule has 13 heavy (non-hydrogen) atoms. The van der Waals surface area contributed by atoms with Crippen molar-refractivity contribution in [1.82, 2.24) is 0 Å². The van der Waals surface area contributed by atoms with E-state index in [0.29, 0.717) is 12.8 Å². The second-order valence-corrected chi connectivity index (χ2v) is 3.48. The van der Waals surface area contributed by atoms with Crippen LogP contribution in [0.4, 0.5) is 0 Å². The van der Waals surface area contributed by atoms with Gasteiger partial charge in [0.05, 0.1) is 5.60 Å². The van der Waals surface area contributed by atoms with Gasteiger partial charge in [-0.05, 0) is 19.8 Å². The lowest BCUT2D eigenvalue weighted by molar-refractivity contribution is -0.0647. The van der Waals surface area contributed by atoms with E-state index in [0.717, 1.165) is 12.8 Å². The molecule has 0 bridgehead atoms. The van der Waals surface area contributed by atoms with Crippen LogP contribution in [-0.4, -0.2) is 21.9 Å². The molecule has 1 atom stereocenters. The Hall–Kier alpha value is -0.340. The summed E-state index contributed by atoms with van der Waals surface area (Å²) in [7, 11) is 0. The first-order chi connectivity index (χ1) is 6.10. The van der Waals surface area contributed by atoms with E-state index in [1.54, 1.807) is 6.08 Å². The SMILES string of the molecule is [CH2]/C=C/C(O)C(O)(CCC)CCC. The van der Waals surface area contributed by atoms with Gasteiger partial charge in [0.15, 0.2) is 0 Å². The molecular weight excluding hydrogens is 164 g/mol. The molecule has 0 fully saturated rings. The summed E-state index contributed by atoms with van der Waals surface area (Å²) in [6.45, 7) is 7.51. The van der Waals surface area contributed by atoms with Crippen molar-refractivity contribution in [3.05, 3.63) is 19.1 Å². The summed E-state index contributed by atoms with van der Waals surface area (Å²) in [5.74, 6) is 0. The van der Waals surface area contributed by atoms with Crippen molar-refractivity contribution in [3.8, 4) is 0 Å². The number of aliphatic hydroxyl groups excluding tert-OH is 1. The van der Waals surface area contributed by atoms with E-state index in [-0.39, 0.29) is 0 Å². The van der Waals surface area contributed by atoms with Gasteiger partial charge in [-0.25, -0.2) is 0 Å². The molecule has 0 spiro atoms. The first kappa shape index (κ1) is 12.7. The van der Waals surface area contributed by atoms with Crippen molar-refractivity contribution in [2.45, 2.75) is 51.2 Å². The van der Waals surface area contributed by atoms with E-state index >= 15 is 0 Å². The average Bonchev–Trinajstić information content (AvgIpc) is 2.05. The molecule has 0 heterocycles. The van der Waals surface area contributed by atoms with E-state index in [9.17, 15) is 10.2 Å². The third-order valence-electron chi connectivity index (χ3n) is 2.23. The van der Waals surface area contributed by atoms with Gasteiger partial charge in [-0.15, -0.1) is 0 Å². The van der Waals surface area contributed by atoms with Gasteiger partial charge in [-0.3, -0.25) is 0 Å². The van der Waals surface area contributed by atoms with Crippen LogP contribution in [0.3, 0.4) is 0 Å². The molecule has 0 aliphatic heterocycles. The van der Waals surface area contributed by atoms with Crippen molar-refractivity contribution in [2.24, 2.45) is 0 Å². The standard InChI is InChI=1S/C11H21O2/c1-4-7-10(12)11(13,8-5-2)9-6-3/h4,7,10,12-13H,1,5-6,8-9H2,2-3H3/b7-4+. The Morgan fingerprint density at radius 1 is 1.31 bits per heavy atom. The van der Waals surface area contributed by atoms with E-state index in [4.69, 9.17) is 0 Å². The fraction of sp³-hybridized carbons (Fsp3) is 0.727. The smallest absolute Gasteiger partial charge is 0.101 e. The number of aliphatic hydroxyl groups is 2. The van der Waals surface area contributed by atoms with Gasteiger partial charge in [0.2, 0.25) is 0 Å². The van der Waals surface area contributed by atoms with Crippen molar-refractivity contribution < 1.29 is 10.2 Å². The van der Waals surface area contributed by atoms with Crippen LogP contribution >= 0.6 is 0 Å². The van der Waals surface area contributed by atoms with Crippen LogP contribution < -0.4 is 0 Å². The van der Waals surface area contributed by atoms with Crippen molar-refractivity contribution in [1.29, 1.82) is 0 Å². The minimum Gasteiger partial charge on any atom is -0.387 e. The number of hydrogen-bond acceptors (Lipinski definition) is 2. The van der Waals surface area contributed by atoms with Crippen LogP contribution in [0.2, 0.25) is 0 Å². The molecule has 77 valence electrons. The minimum atomic E-state index is -0.961. The lowest BCUT2D eigenvalue weighted by Gasteiger charge is -2.31. The van der Waals surface area contributed by atoms with Crippen LogP contribution in [0.5, 0.6) is 0 Å². The summed E-state index contributed by atoms with van der Waals surface area (Å²) < 4.78 is 0. The van der Waals surface area contributed by atoms with Gasteiger partial charge >= 0.3 is 0 Å². The Balaban J connectivity index is 4.36. The molecule has 0 amide bonds. The molecule has 0 aromatic carbocycles. The van der Waals surface area contributed by atoms with Crippen LogP contribution in [0.25, 0.3) is 0 Å².